The van der Waals surface area contributed by atoms with E-state index in [1.807, 2.05) is 13.8 Å². The Balaban J connectivity index is 2.25. The van der Waals surface area contributed by atoms with Gasteiger partial charge in [-0.15, -0.1) is 0 Å². The number of amides is 12. The lowest BCUT2D eigenvalue weighted by Gasteiger charge is -2.27. The lowest BCUT2D eigenvalue weighted by molar-refractivity contribution is -0.138. The zero-order valence-electron chi connectivity index (χ0n) is 48.9. The molecule has 0 aromatic heterocycles. The van der Waals surface area contributed by atoms with Crippen molar-refractivity contribution in [1.29, 1.82) is 0 Å². The van der Waals surface area contributed by atoms with E-state index in [2.05, 4.69) is 63.8 Å². The molecule has 9 atom stereocenters. The lowest BCUT2D eigenvalue weighted by Crippen LogP contribution is -2.59. The Morgan fingerprint density at radius 2 is 0.651 bits per heavy atom. The molecule has 0 saturated heterocycles. The molecule has 0 spiro atoms. The minimum Gasteiger partial charge on any atom is -0.480 e. The molecule has 2 rings (SSSR count). The van der Waals surface area contributed by atoms with E-state index in [1.165, 1.54) is 27.7 Å². The van der Waals surface area contributed by atoms with Gasteiger partial charge in [-0.3, -0.25) is 62.3 Å². The van der Waals surface area contributed by atoms with Crippen LogP contribution in [-0.2, 0) is 75.2 Å². The number of aliphatic carboxylic acids is 1. The van der Waals surface area contributed by atoms with Crippen molar-refractivity contribution in [1.82, 2.24) is 63.8 Å². The highest BCUT2D eigenvalue weighted by atomic mass is 16.4. The number of rotatable bonds is 35. The maximum atomic E-state index is 14.3. The van der Waals surface area contributed by atoms with E-state index in [4.69, 9.17) is 10.8 Å². The third-order valence-corrected chi connectivity index (χ3v) is 12.3. The molecule has 0 aliphatic rings. The summed E-state index contributed by atoms with van der Waals surface area (Å²) >= 11 is 0. The van der Waals surface area contributed by atoms with Gasteiger partial charge in [0.05, 0.1) is 25.7 Å². The van der Waals surface area contributed by atoms with E-state index in [-0.39, 0.29) is 49.9 Å². The summed E-state index contributed by atoms with van der Waals surface area (Å²) in [5.74, 6) is -10.7. The summed E-state index contributed by atoms with van der Waals surface area (Å²) in [7, 11) is 0. The first-order valence-electron chi connectivity index (χ1n) is 27.5. The normalized spacial score (nSPS) is 14.2. The summed E-state index contributed by atoms with van der Waals surface area (Å²) in [5.41, 5.74) is 6.80. The summed E-state index contributed by atoms with van der Waals surface area (Å²) in [6.07, 6.45) is 0.207. The van der Waals surface area contributed by atoms with E-state index in [1.54, 1.807) is 88.4 Å². The largest absolute Gasteiger partial charge is 0.480 e. The highest BCUT2D eigenvalue weighted by molar-refractivity contribution is 5.98. The van der Waals surface area contributed by atoms with Crippen LogP contribution in [0.1, 0.15) is 99.6 Å². The van der Waals surface area contributed by atoms with Gasteiger partial charge in [-0.05, 0) is 75.8 Å². The molecule has 0 saturated carbocycles. The van der Waals surface area contributed by atoms with Crippen molar-refractivity contribution >= 4 is 76.9 Å². The summed E-state index contributed by atoms with van der Waals surface area (Å²) in [6.45, 7) is 13.9. The van der Waals surface area contributed by atoms with Gasteiger partial charge in [0.1, 0.15) is 54.9 Å². The van der Waals surface area contributed by atoms with Crippen molar-refractivity contribution in [2.45, 2.75) is 156 Å². The first-order chi connectivity index (χ1) is 38.9. The van der Waals surface area contributed by atoms with Gasteiger partial charge in [0, 0.05) is 12.8 Å². The van der Waals surface area contributed by atoms with Gasteiger partial charge in [-0.2, -0.15) is 0 Å². The Labute approximate surface area is 483 Å². The van der Waals surface area contributed by atoms with E-state index >= 15 is 0 Å². The number of carbonyl (C=O) groups is 13. The molecule has 83 heavy (non-hydrogen) atoms. The van der Waals surface area contributed by atoms with Crippen molar-refractivity contribution in [2.24, 2.45) is 23.5 Å². The van der Waals surface area contributed by atoms with Gasteiger partial charge in [-0.1, -0.05) is 102 Å². The van der Waals surface area contributed by atoms with E-state index in [0.717, 1.165) is 0 Å². The minimum absolute atomic E-state index is 0.0401. The Hall–Kier alpha value is -8.49. The van der Waals surface area contributed by atoms with Crippen LogP contribution < -0.4 is 69.5 Å². The van der Waals surface area contributed by atoms with Crippen molar-refractivity contribution in [3.05, 3.63) is 71.8 Å². The molecule has 27 heteroatoms. The Morgan fingerprint density at radius 1 is 0.349 bits per heavy atom. The number of carboxylic acids is 1. The number of carbonyl (C=O) groups excluding carboxylic acids is 12. The fraction of sp³-hybridized carbons (Fsp3) is 0.554. The molecule has 0 unspecified atom stereocenters. The van der Waals surface area contributed by atoms with Crippen molar-refractivity contribution in [3.8, 4) is 0 Å². The Morgan fingerprint density at radius 3 is 1.04 bits per heavy atom. The summed E-state index contributed by atoms with van der Waals surface area (Å²) in [5, 5.41) is 38.9. The summed E-state index contributed by atoms with van der Waals surface area (Å²) in [4.78, 5) is 170. The third kappa shape index (κ3) is 28.2. The fourth-order valence-corrected chi connectivity index (χ4v) is 7.93. The average molecular weight is 1160 g/mol. The number of hydrogen-bond acceptors (Lipinski definition) is 14. The maximum Gasteiger partial charge on any atom is 0.322 e. The number of hydrogen-bond donors (Lipinski definition) is 14. The molecule has 2 aromatic carbocycles. The monoisotopic (exact) mass is 1160 g/mol. The van der Waals surface area contributed by atoms with Crippen molar-refractivity contribution in [2.75, 3.05) is 26.2 Å². The third-order valence-electron chi connectivity index (χ3n) is 12.3. The Kier molecular flexibility index (Phi) is 30.7. The van der Waals surface area contributed by atoms with Crippen LogP contribution >= 0.6 is 0 Å². The first kappa shape index (κ1) is 70.6. The molecule has 0 aliphatic carbocycles. The summed E-state index contributed by atoms with van der Waals surface area (Å²) in [6, 6.07) is 6.78. The van der Waals surface area contributed by atoms with Crippen molar-refractivity contribution < 1.29 is 67.4 Å². The van der Waals surface area contributed by atoms with Gasteiger partial charge in [0.15, 0.2) is 0 Å². The smallest absolute Gasteiger partial charge is 0.322 e. The molecule has 12 amide bonds. The fourth-order valence-electron chi connectivity index (χ4n) is 7.93. The van der Waals surface area contributed by atoms with Crippen LogP contribution in [0.25, 0.3) is 0 Å². The highest BCUT2D eigenvalue weighted by Crippen LogP contribution is 2.12. The second kappa shape index (κ2) is 36.1. The SMILES string of the molecule is CC(C)C[C@H](NC(=O)[C@H](C)NC(=O)CNC(=O)[C@H](C)N)C(=O)N[C@@H](Cc1ccccc1)C(=O)N[C@@H](CC(C)C)C(=O)NCC(=O)N[C@@H](Cc1ccccc1)C(=O)N[C@@H](CC(C)C)C(=O)NCC(=O)N[C@@H](C)C(=O)N[C@@H](C)C(=O)NCC(=O)O. The number of benzene rings is 2. The van der Waals surface area contributed by atoms with Crippen LogP contribution in [-0.4, -0.2) is 163 Å². The zero-order chi connectivity index (χ0) is 62.5. The van der Waals surface area contributed by atoms with E-state index < -0.39 is 157 Å². The van der Waals surface area contributed by atoms with Gasteiger partial charge in [-0.25, -0.2) is 0 Å². The predicted molar refractivity (Wildman–Crippen MR) is 304 cm³/mol. The van der Waals surface area contributed by atoms with E-state index in [9.17, 15) is 62.3 Å². The van der Waals surface area contributed by atoms with Crippen LogP contribution in [0, 0.1) is 17.8 Å². The number of carboxylic acid groups (broad SMARTS) is 1. The number of nitrogens with two attached hydrogens (primary N) is 1. The van der Waals surface area contributed by atoms with Gasteiger partial charge in [0.25, 0.3) is 0 Å². The van der Waals surface area contributed by atoms with Gasteiger partial charge in [0.2, 0.25) is 70.9 Å². The lowest BCUT2D eigenvalue weighted by atomic mass is 9.99. The molecular weight excluding hydrogens is 1080 g/mol. The molecule has 15 N–H and O–H groups in total. The maximum absolute atomic E-state index is 14.3. The topological polar surface area (TPSA) is 413 Å². The quantitative estimate of drug-likeness (QED) is 0.0338. The standard InChI is InChI=1S/C56H85N13O14/c1-30(2)21-39(52(79)59-27-45(71)62-35(9)50(77)64-34(8)49(76)61-29-47(73)74)67-55(82)42(24-37-17-13-11-14-18-37)65-46(72)28-60-53(80)40(22-31(3)4)68-56(83)43(25-38-19-15-12-16-20-38)69-54(81)41(23-32(5)6)66-51(78)36(10)63-44(70)26-58-48(75)33(7)57/h11-20,30-36,39-43H,21-29,57H2,1-10H3,(H,58,75)(H,59,79)(H,60,80)(H,61,76)(H,62,71)(H,63,70)(H,64,77)(H,65,72)(H,66,78)(H,67,82)(H,68,83)(H,69,81)(H,73,74)/t33-,34-,35-,36-,39-,40-,41-,42-,43-/m0/s1. The molecule has 27 nitrogen and oxygen atoms in total. The van der Waals surface area contributed by atoms with Crippen molar-refractivity contribution in [3.63, 3.8) is 0 Å². The van der Waals surface area contributed by atoms with Crippen LogP contribution in [0.2, 0.25) is 0 Å². The van der Waals surface area contributed by atoms with Crippen LogP contribution in [0.15, 0.2) is 60.7 Å². The zero-order valence-corrected chi connectivity index (χ0v) is 48.9. The van der Waals surface area contributed by atoms with Crippen LogP contribution in [0.4, 0.5) is 0 Å². The highest BCUT2D eigenvalue weighted by Gasteiger charge is 2.33. The minimum atomic E-state index is -1.31. The first-order valence-corrected chi connectivity index (χ1v) is 27.5. The molecule has 458 valence electrons. The van der Waals surface area contributed by atoms with Crippen LogP contribution in [0.3, 0.4) is 0 Å². The molecule has 0 aliphatic heterocycles. The van der Waals surface area contributed by atoms with Crippen LogP contribution in [0.5, 0.6) is 0 Å². The molecule has 0 heterocycles. The molecule has 0 fully saturated rings. The van der Waals surface area contributed by atoms with E-state index in [0.29, 0.717) is 11.1 Å². The number of nitrogens with one attached hydrogen (secondary N) is 12. The second-order valence-corrected chi connectivity index (χ2v) is 21.5. The predicted octanol–water partition coefficient (Wildman–Crippen LogP) is -2.56. The van der Waals surface area contributed by atoms with Gasteiger partial charge < -0.3 is 74.6 Å². The molecule has 2 aromatic rings. The second-order valence-electron chi connectivity index (χ2n) is 21.5. The Bertz CT molecular complexity index is 2550. The molecule has 0 radical (unpaired) electrons. The van der Waals surface area contributed by atoms with Gasteiger partial charge >= 0.3 is 5.97 Å². The average Bonchev–Trinajstić information content (AvgIpc) is 3.45. The molecular formula is C56H85N13O14. The summed E-state index contributed by atoms with van der Waals surface area (Å²) < 4.78 is 0. The molecule has 0 bridgehead atoms.